The van der Waals surface area contributed by atoms with Gasteiger partial charge in [0.2, 0.25) is 0 Å². The molecule has 16 heavy (non-hydrogen) atoms. The summed E-state index contributed by atoms with van der Waals surface area (Å²) in [5, 5.41) is 0. The lowest BCUT2D eigenvalue weighted by Gasteiger charge is -2.34. The summed E-state index contributed by atoms with van der Waals surface area (Å²) in [6.45, 7) is 5.46. The van der Waals surface area contributed by atoms with Crippen molar-refractivity contribution in [1.29, 1.82) is 0 Å². The summed E-state index contributed by atoms with van der Waals surface area (Å²) in [5.41, 5.74) is 1.14. The SMILES string of the molecule is C[C@@H]1OC(=O)N(Cc2ccccc2)C[C@@H]1C. The van der Waals surface area contributed by atoms with Gasteiger partial charge in [-0.25, -0.2) is 4.79 Å². The first-order valence-corrected chi connectivity index (χ1v) is 5.66. The van der Waals surface area contributed by atoms with Crippen molar-refractivity contribution in [3.63, 3.8) is 0 Å². The number of carbonyl (C=O) groups excluding carboxylic acids is 1. The van der Waals surface area contributed by atoms with Gasteiger partial charge < -0.3 is 9.64 Å². The molecule has 0 N–H and O–H groups in total. The van der Waals surface area contributed by atoms with Crippen molar-refractivity contribution < 1.29 is 9.53 Å². The first-order valence-electron chi connectivity index (χ1n) is 5.66. The maximum atomic E-state index is 11.7. The predicted octanol–water partition coefficient (Wildman–Crippen LogP) is 2.66. The molecule has 0 aromatic heterocycles. The fraction of sp³-hybridized carbons (Fsp3) is 0.462. The van der Waals surface area contributed by atoms with Gasteiger partial charge in [0.25, 0.3) is 0 Å². The lowest BCUT2D eigenvalue weighted by atomic mass is 10.0. The fourth-order valence-corrected chi connectivity index (χ4v) is 1.85. The third-order valence-electron chi connectivity index (χ3n) is 3.07. The molecule has 2 rings (SSSR count). The van der Waals surface area contributed by atoms with Crippen molar-refractivity contribution in [2.45, 2.75) is 26.5 Å². The number of rotatable bonds is 2. The number of nitrogens with zero attached hydrogens (tertiary/aromatic N) is 1. The van der Waals surface area contributed by atoms with Gasteiger partial charge in [0.15, 0.2) is 0 Å². The fourth-order valence-electron chi connectivity index (χ4n) is 1.85. The number of benzene rings is 1. The number of hydrogen-bond acceptors (Lipinski definition) is 2. The average Bonchev–Trinajstić information content (AvgIpc) is 2.27. The van der Waals surface area contributed by atoms with E-state index in [0.29, 0.717) is 12.5 Å². The largest absolute Gasteiger partial charge is 0.446 e. The highest BCUT2D eigenvalue weighted by atomic mass is 16.6. The molecular formula is C13H17NO2. The molecule has 0 saturated carbocycles. The van der Waals surface area contributed by atoms with Crippen molar-refractivity contribution in [3.8, 4) is 0 Å². The maximum Gasteiger partial charge on any atom is 0.410 e. The van der Waals surface area contributed by atoms with Crippen LogP contribution < -0.4 is 0 Å². The van der Waals surface area contributed by atoms with Crippen LogP contribution >= 0.6 is 0 Å². The Hall–Kier alpha value is -1.51. The molecule has 1 aromatic rings. The van der Waals surface area contributed by atoms with Crippen LogP contribution in [0.1, 0.15) is 19.4 Å². The van der Waals surface area contributed by atoms with E-state index in [0.717, 1.165) is 12.1 Å². The van der Waals surface area contributed by atoms with E-state index < -0.39 is 0 Å². The van der Waals surface area contributed by atoms with Crippen LogP contribution in [0.4, 0.5) is 4.79 Å². The maximum absolute atomic E-state index is 11.7. The molecule has 1 saturated heterocycles. The Morgan fingerprint density at radius 2 is 2.00 bits per heavy atom. The van der Waals surface area contributed by atoms with Gasteiger partial charge in [-0.1, -0.05) is 37.3 Å². The summed E-state index contributed by atoms with van der Waals surface area (Å²) >= 11 is 0. The second kappa shape index (κ2) is 4.56. The second-order valence-corrected chi connectivity index (χ2v) is 4.43. The Bertz CT molecular complexity index is 363. The monoisotopic (exact) mass is 219 g/mol. The van der Waals surface area contributed by atoms with Gasteiger partial charge in [-0.2, -0.15) is 0 Å². The molecule has 3 nitrogen and oxygen atoms in total. The molecule has 0 unspecified atom stereocenters. The van der Waals surface area contributed by atoms with Crippen molar-refractivity contribution in [1.82, 2.24) is 4.90 Å². The molecule has 1 fully saturated rings. The first kappa shape index (κ1) is 11.0. The Labute approximate surface area is 96.0 Å². The van der Waals surface area contributed by atoms with Crippen LogP contribution in [-0.4, -0.2) is 23.6 Å². The third kappa shape index (κ3) is 2.35. The molecule has 86 valence electrons. The van der Waals surface area contributed by atoms with E-state index in [2.05, 4.69) is 6.92 Å². The average molecular weight is 219 g/mol. The van der Waals surface area contributed by atoms with Gasteiger partial charge in [0.1, 0.15) is 6.10 Å². The zero-order valence-electron chi connectivity index (χ0n) is 9.72. The van der Waals surface area contributed by atoms with Gasteiger partial charge in [0, 0.05) is 19.0 Å². The molecule has 1 heterocycles. The van der Waals surface area contributed by atoms with Crippen molar-refractivity contribution in [3.05, 3.63) is 35.9 Å². The molecule has 3 heteroatoms. The smallest absolute Gasteiger partial charge is 0.410 e. The molecule has 0 radical (unpaired) electrons. The molecule has 1 amide bonds. The van der Waals surface area contributed by atoms with Gasteiger partial charge in [-0.3, -0.25) is 0 Å². The van der Waals surface area contributed by atoms with Crippen LogP contribution in [-0.2, 0) is 11.3 Å². The van der Waals surface area contributed by atoms with Crippen molar-refractivity contribution in [2.75, 3.05) is 6.54 Å². The number of amides is 1. The highest BCUT2D eigenvalue weighted by molar-refractivity contribution is 5.68. The van der Waals surface area contributed by atoms with Crippen LogP contribution in [0.3, 0.4) is 0 Å². The highest BCUT2D eigenvalue weighted by Gasteiger charge is 2.29. The summed E-state index contributed by atoms with van der Waals surface area (Å²) in [6.07, 6.45) is -0.172. The molecule has 2 atom stereocenters. The van der Waals surface area contributed by atoms with Crippen LogP contribution in [0.25, 0.3) is 0 Å². The van der Waals surface area contributed by atoms with Gasteiger partial charge in [0.05, 0.1) is 0 Å². The minimum Gasteiger partial charge on any atom is -0.446 e. The molecule has 0 bridgehead atoms. The predicted molar refractivity (Wildman–Crippen MR) is 62.0 cm³/mol. The minimum atomic E-state index is -0.200. The Balaban J connectivity index is 2.02. The lowest BCUT2D eigenvalue weighted by molar-refractivity contribution is 0.0000363. The second-order valence-electron chi connectivity index (χ2n) is 4.43. The zero-order valence-corrected chi connectivity index (χ0v) is 9.72. The van der Waals surface area contributed by atoms with Crippen molar-refractivity contribution in [2.24, 2.45) is 5.92 Å². The van der Waals surface area contributed by atoms with Gasteiger partial charge in [-0.05, 0) is 12.5 Å². The van der Waals surface area contributed by atoms with E-state index in [1.807, 2.05) is 37.3 Å². The summed E-state index contributed by atoms with van der Waals surface area (Å²) in [7, 11) is 0. The van der Waals surface area contributed by atoms with E-state index in [1.54, 1.807) is 4.90 Å². The van der Waals surface area contributed by atoms with E-state index in [-0.39, 0.29) is 12.2 Å². The topological polar surface area (TPSA) is 29.5 Å². The first-order chi connectivity index (χ1) is 7.66. The standard InChI is InChI=1S/C13H17NO2/c1-10-8-14(13(15)16-11(10)2)9-12-6-4-3-5-7-12/h3-7,10-11H,8-9H2,1-2H3/t10-,11-/m0/s1. The van der Waals surface area contributed by atoms with E-state index >= 15 is 0 Å². The number of cyclic esters (lactones) is 1. The van der Waals surface area contributed by atoms with E-state index in [4.69, 9.17) is 4.74 Å². The summed E-state index contributed by atoms with van der Waals surface area (Å²) in [4.78, 5) is 13.4. The summed E-state index contributed by atoms with van der Waals surface area (Å²) < 4.78 is 5.27. The zero-order chi connectivity index (χ0) is 11.5. The highest BCUT2D eigenvalue weighted by Crippen LogP contribution is 2.19. The summed E-state index contributed by atoms with van der Waals surface area (Å²) in [5.74, 6) is 0.390. The number of ether oxygens (including phenoxy) is 1. The van der Waals surface area contributed by atoms with Crippen LogP contribution in [0, 0.1) is 5.92 Å². The minimum absolute atomic E-state index is 0.0273. The Morgan fingerprint density at radius 3 is 2.69 bits per heavy atom. The molecule has 0 spiro atoms. The van der Waals surface area contributed by atoms with Crippen LogP contribution in [0.5, 0.6) is 0 Å². The molecule has 1 aliphatic rings. The quantitative estimate of drug-likeness (QED) is 0.765. The number of carbonyl (C=O) groups is 1. The lowest BCUT2D eigenvalue weighted by Crippen LogP contribution is -2.45. The van der Waals surface area contributed by atoms with Crippen LogP contribution in [0.2, 0.25) is 0 Å². The molecule has 1 aliphatic heterocycles. The van der Waals surface area contributed by atoms with Crippen molar-refractivity contribution >= 4 is 6.09 Å². The normalized spacial score (nSPS) is 25.4. The van der Waals surface area contributed by atoms with E-state index in [9.17, 15) is 4.79 Å². The Kier molecular flexibility index (Phi) is 3.13. The molecule has 0 aliphatic carbocycles. The third-order valence-corrected chi connectivity index (χ3v) is 3.07. The van der Waals surface area contributed by atoms with Gasteiger partial charge in [-0.15, -0.1) is 0 Å². The number of hydrogen-bond donors (Lipinski definition) is 0. The van der Waals surface area contributed by atoms with Gasteiger partial charge >= 0.3 is 6.09 Å². The molecule has 1 aromatic carbocycles. The Morgan fingerprint density at radius 1 is 1.31 bits per heavy atom. The molecular weight excluding hydrogens is 202 g/mol. The summed E-state index contributed by atoms with van der Waals surface area (Å²) in [6, 6.07) is 9.99. The van der Waals surface area contributed by atoms with E-state index in [1.165, 1.54) is 0 Å². The van der Waals surface area contributed by atoms with Crippen LogP contribution in [0.15, 0.2) is 30.3 Å².